The van der Waals surface area contributed by atoms with Gasteiger partial charge in [-0.2, -0.15) is 11.8 Å². The van der Waals surface area contributed by atoms with Crippen LogP contribution in [0.3, 0.4) is 0 Å². The van der Waals surface area contributed by atoms with Gasteiger partial charge in [-0.15, -0.1) is 0 Å². The lowest BCUT2D eigenvalue weighted by atomic mass is 9.91. The molecule has 2 aliphatic heterocycles. The Morgan fingerprint density at radius 2 is 1.74 bits per heavy atom. The third kappa shape index (κ3) is 10.5. The molecule has 2 atom stereocenters. The van der Waals surface area contributed by atoms with Gasteiger partial charge in [-0.3, -0.25) is 19.4 Å². The van der Waals surface area contributed by atoms with Gasteiger partial charge in [0, 0.05) is 38.0 Å². The van der Waals surface area contributed by atoms with Crippen molar-refractivity contribution in [2.75, 3.05) is 44.4 Å². The van der Waals surface area contributed by atoms with E-state index in [1.807, 2.05) is 6.07 Å². The van der Waals surface area contributed by atoms with Gasteiger partial charge < -0.3 is 20.1 Å². The number of carbonyl (C=O) groups excluding carboxylic acids is 3. The largest absolute Gasteiger partial charge is 0.444 e. The van der Waals surface area contributed by atoms with E-state index < -0.39 is 23.8 Å². The fourth-order valence-corrected chi connectivity index (χ4v) is 7.17. The number of likely N-dealkylation sites (tertiary alicyclic amines) is 1. The molecular weight excluding hydrogens is 552 g/mol. The number of ether oxygens (including phenoxy) is 2. The minimum Gasteiger partial charge on any atom is -0.444 e. The van der Waals surface area contributed by atoms with Crippen molar-refractivity contribution < 1.29 is 23.9 Å². The van der Waals surface area contributed by atoms with E-state index >= 15 is 0 Å². The molecule has 0 unspecified atom stereocenters. The summed E-state index contributed by atoms with van der Waals surface area (Å²) in [6.45, 7) is 8.83. The molecule has 2 saturated heterocycles. The van der Waals surface area contributed by atoms with Gasteiger partial charge in [0.25, 0.3) is 0 Å². The average Bonchev–Trinajstić information content (AvgIpc) is 2.98. The lowest BCUT2D eigenvalue weighted by Gasteiger charge is -2.36. The number of hydrogen-bond acceptors (Lipinski definition) is 7. The average molecular weight is 603 g/mol. The molecule has 2 N–H and O–H groups in total. The number of nitrogens with one attached hydrogen (secondary N) is 2. The molecule has 9 nitrogen and oxygen atoms in total. The second-order valence-electron chi connectivity index (χ2n) is 12.9. The van der Waals surface area contributed by atoms with Gasteiger partial charge in [0.2, 0.25) is 11.8 Å². The maximum atomic E-state index is 13.6. The Hall–Kier alpha value is -2.30. The monoisotopic (exact) mass is 602 g/mol. The van der Waals surface area contributed by atoms with Crippen LogP contribution in [0.1, 0.15) is 71.3 Å². The first-order valence-electron chi connectivity index (χ1n) is 15.7. The van der Waals surface area contributed by atoms with Crippen molar-refractivity contribution in [1.82, 2.24) is 20.4 Å². The van der Waals surface area contributed by atoms with E-state index in [1.54, 1.807) is 32.5 Å². The number of morpholine rings is 1. The Balaban J connectivity index is 1.34. The minimum absolute atomic E-state index is 0.0727. The highest BCUT2D eigenvalue weighted by Gasteiger charge is 2.37. The Bertz CT molecular complexity index is 1010. The zero-order valence-electron chi connectivity index (χ0n) is 25.6. The van der Waals surface area contributed by atoms with Crippen LogP contribution in [-0.2, 0) is 25.6 Å². The summed E-state index contributed by atoms with van der Waals surface area (Å²) < 4.78 is 11.1. The van der Waals surface area contributed by atoms with E-state index in [1.165, 1.54) is 42.6 Å². The zero-order chi connectivity index (χ0) is 30.0. The van der Waals surface area contributed by atoms with Gasteiger partial charge in [-0.1, -0.05) is 49.6 Å². The van der Waals surface area contributed by atoms with Gasteiger partial charge in [-0.05, 0) is 63.7 Å². The molecule has 1 aromatic carbocycles. The summed E-state index contributed by atoms with van der Waals surface area (Å²) in [6, 6.07) is 9.00. The molecule has 3 aliphatic rings. The van der Waals surface area contributed by atoms with E-state index in [0.29, 0.717) is 18.3 Å². The SMILES string of the molecule is CC(C)(C)OC(=O)N1CCOC[C@H]1C(=O)N[C@@H](CSCC1CCCCC1)C(=O)NC1CCN(Cc2ccccc2)CC1. The number of rotatable bonds is 10. The van der Waals surface area contributed by atoms with Crippen LogP contribution in [0.4, 0.5) is 4.79 Å². The van der Waals surface area contributed by atoms with Crippen molar-refractivity contribution in [2.45, 2.75) is 96.0 Å². The Morgan fingerprint density at radius 1 is 1.02 bits per heavy atom. The maximum absolute atomic E-state index is 13.6. The predicted octanol–water partition coefficient (Wildman–Crippen LogP) is 4.20. The number of piperidine rings is 1. The van der Waals surface area contributed by atoms with Crippen LogP contribution in [0.2, 0.25) is 0 Å². The first-order valence-corrected chi connectivity index (χ1v) is 16.9. The fraction of sp³-hybridized carbons (Fsp3) is 0.719. The van der Waals surface area contributed by atoms with Crippen molar-refractivity contribution in [2.24, 2.45) is 5.92 Å². The van der Waals surface area contributed by atoms with Crippen LogP contribution >= 0.6 is 11.8 Å². The maximum Gasteiger partial charge on any atom is 0.411 e. The molecule has 0 radical (unpaired) electrons. The van der Waals surface area contributed by atoms with Crippen LogP contribution in [-0.4, -0.2) is 95.8 Å². The molecular formula is C32H50N4O5S. The molecule has 3 fully saturated rings. The summed E-state index contributed by atoms with van der Waals surface area (Å²) in [6.07, 6.45) is 7.54. The lowest BCUT2D eigenvalue weighted by Crippen LogP contribution is -2.60. The van der Waals surface area contributed by atoms with Crippen molar-refractivity contribution in [3.8, 4) is 0 Å². The molecule has 2 heterocycles. The van der Waals surface area contributed by atoms with Gasteiger partial charge in [-0.25, -0.2) is 4.79 Å². The van der Waals surface area contributed by atoms with Gasteiger partial charge in [0.05, 0.1) is 13.2 Å². The van der Waals surface area contributed by atoms with Crippen molar-refractivity contribution in [3.63, 3.8) is 0 Å². The minimum atomic E-state index is -0.839. The number of thioether (sulfide) groups is 1. The molecule has 10 heteroatoms. The molecule has 3 amide bonds. The zero-order valence-corrected chi connectivity index (χ0v) is 26.5. The molecule has 42 heavy (non-hydrogen) atoms. The quantitative estimate of drug-likeness (QED) is 0.414. The molecule has 0 aromatic heterocycles. The topological polar surface area (TPSA) is 100 Å². The van der Waals surface area contributed by atoms with Crippen LogP contribution in [0.5, 0.6) is 0 Å². The van der Waals surface area contributed by atoms with Crippen LogP contribution in [0.25, 0.3) is 0 Å². The third-order valence-electron chi connectivity index (χ3n) is 8.24. The second-order valence-corrected chi connectivity index (χ2v) is 14.0. The first kappa shape index (κ1) is 32.6. The summed E-state index contributed by atoms with van der Waals surface area (Å²) in [7, 11) is 0. The summed E-state index contributed by atoms with van der Waals surface area (Å²) >= 11 is 1.74. The molecule has 1 saturated carbocycles. The smallest absolute Gasteiger partial charge is 0.411 e. The molecule has 234 valence electrons. The predicted molar refractivity (Wildman–Crippen MR) is 166 cm³/mol. The highest BCUT2D eigenvalue weighted by Crippen LogP contribution is 2.27. The highest BCUT2D eigenvalue weighted by molar-refractivity contribution is 7.99. The van der Waals surface area contributed by atoms with E-state index in [-0.39, 0.29) is 31.0 Å². The summed E-state index contributed by atoms with van der Waals surface area (Å²) in [4.78, 5) is 43.9. The molecule has 4 rings (SSSR count). The number of nitrogens with zero attached hydrogens (tertiary/aromatic N) is 2. The summed E-state index contributed by atoms with van der Waals surface area (Å²) in [5, 5.41) is 6.23. The van der Waals surface area contributed by atoms with Gasteiger partial charge in [0.1, 0.15) is 17.7 Å². The van der Waals surface area contributed by atoms with Crippen LogP contribution in [0, 0.1) is 5.92 Å². The Labute approximate surface area is 255 Å². The number of amides is 3. The van der Waals surface area contributed by atoms with E-state index in [9.17, 15) is 14.4 Å². The molecule has 1 aromatic rings. The lowest BCUT2D eigenvalue weighted by molar-refractivity contribution is -0.136. The fourth-order valence-electron chi connectivity index (χ4n) is 5.90. The highest BCUT2D eigenvalue weighted by atomic mass is 32.2. The normalized spacial score (nSPS) is 21.9. The van der Waals surface area contributed by atoms with Crippen LogP contribution < -0.4 is 10.6 Å². The van der Waals surface area contributed by atoms with Crippen molar-refractivity contribution >= 4 is 29.7 Å². The summed E-state index contributed by atoms with van der Waals surface area (Å²) in [5.41, 5.74) is 0.621. The number of benzene rings is 1. The Kier molecular flexibility index (Phi) is 12.4. The second kappa shape index (κ2) is 16.0. The van der Waals surface area contributed by atoms with Crippen LogP contribution in [0.15, 0.2) is 30.3 Å². The van der Waals surface area contributed by atoms with Crippen molar-refractivity contribution in [1.29, 1.82) is 0 Å². The standard InChI is InChI=1S/C32H50N4O5S/c1-32(2,3)41-31(39)36-18-19-40-21-28(36)30(38)34-27(23-42-22-25-12-8-5-9-13-25)29(37)33-26-14-16-35(17-15-26)20-24-10-6-4-7-11-24/h4,6-7,10-11,25-28H,5,8-9,12-23H2,1-3H3,(H,33,37)(H,34,38)/t27-,28-/m0/s1. The summed E-state index contributed by atoms with van der Waals surface area (Å²) in [5.74, 6) is 1.64. The van der Waals surface area contributed by atoms with E-state index in [2.05, 4.69) is 39.8 Å². The molecule has 0 bridgehead atoms. The van der Waals surface area contributed by atoms with E-state index in [4.69, 9.17) is 9.47 Å². The third-order valence-corrected chi connectivity index (χ3v) is 9.51. The number of hydrogen-bond donors (Lipinski definition) is 2. The first-order chi connectivity index (χ1) is 20.2. The van der Waals surface area contributed by atoms with Crippen molar-refractivity contribution in [3.05, 3.63) is 35.9 Å². The molecule has 0 spiro atoms. The van der Waals surface area contributed by atoms with E-state index in [0.717, 1.165) is 38.2 Å². The molecule has 1 aliphatic carbocycles. The van der Waals surface area contributed by atoms with Gasteiger partial charge >= 0.3 is 6.09 Å². The number of carbonyl (C=O) groups is 3. The van der Waals surface area contributed by atoms with Gasteiger partial charge in [0.15, 0.2) is 0 Å². The Morgan fingerprint density at radius 3 is 2.43 bits per heavy atom.